The molecule has 0 heterocycles. The minimum absolute atomic E-state index is 0.144. The SMILES string of the molecule is CS(=O)(=O)CCCC(O)CSc1cccc(Br)c1. The maximum atomic E-state index is 10.9. The number of aliphatic hydroxyl groups excluding tert-OH is 1. The third kappa shape index (κ3) is 7.41. The van der Waals surface area contributed by atoms with Crippen molar-refractivity contribution >= 4 is 37.5 Å². The van der Waals surface area contributed by atoms with Crippen molar-refractivity contribution in [3.05, 3.63) is 28.7 Å². The maximum Gasteiger partial charge on any atom is 0.147 e. The van der Waals surface area contributed by atoms with Crippen LogP contribution in [-0.4, -0.2) is 37.4 Å². The summed E-state index contributed by atoms with van der Waals surface area (Å²) < 4.78 is 22.9. The Labute approximate surface area is 121 Å². The molecule has 0 saturated heterocycles. The van der Waals surface area contributed by atoms with E-state index in [1.165, 1.54) is 6.26 Å². The van der Waals surface area contributed by atoms with E-state index in [4.69, 9.17) is 0 Å². The molecule has 0 amide bonds. The summed E-state index contributed by atoms with van der Waals surface area (Å²) in [5, 5.41) is 9.75. The van der Waals surface area contributed by atoms with Gasteiger partial charge in [-0.25, -0.2) is 8.42 Å². The molecular weight excluding hydrogens is 336 g/mol. The van der Waals surface area contributed by atoms with Gasteiger partial charge in [-0.3, -0.25) is 0 Å². The van der Waals surface area contributed by atoms with Crippen LogP contribution in [0.25, 0.3) is 0 Å². The summed E-state index contributed by atoms with van der Waals surface area (Å²) in [4.78, 5) is 1.09. The second-order valence-corrected chi connectivity index (χ2v) is 8.46. The molecule has 0 bridgehead atoms. The fraction of sp³-hybridized carbons (Fsp3) is 0.500. The monoisotopic (exact) mass is 352 g/mol. The van der Waals surface area contributed by atoms with Crippen LogP contribution in [0.15, 0.2) is 33.6 Å². The van der Waals surface area contributed by atoms with Crippen molar-refractivity contribution in [3.63, 3.8) is 0 Å². The number of sulfone groups is 1. The first-order valence-electron chi connectivity index (χ1n) is 5.61. The van der Waals surface area contributed by atoms with E-state index in [1.54, 1.807) is 11.8 Å². The van der Waals surface area contributed by atoms with Crippen molar-refractivity contribution in [2.75, 3.05) is 17.8 Å². The second-order valence-electron chi connectivity index (χ2n) is 4.19. The summed E-state index contributed by atoms with van der Waals surface area (Å²) in [6, 6.07) is 7.88. The fourth-order valence-electron chi connectivity index (χ4n) is 1.41. The standard InChI is InChI=1S/C12H17BrO3S2/c1-18(15,16)7-3-5-11(14)9-17-12-6-2-4-10(13)8-12/h2,4,6,8,11,14H,3,5,7,9H2,1H3. The average molecular weight is 353 g/mol. The van der Waals surface area contributed by atoms with Crippen molar-refractivity contribution < 1.29 is 13.5 Å². The van der Waals surface area contributed by atoms with Crippen molar-refractivity contribution in [2.24, 2.45) is 0 Å². The minimum atomic E-state index is -2.92. The van der Waals surface area contributed by atoms with E-state index < -0.39 is 15.9 Å². The molecule has 1 aromatic rings. The number of hydrogen-bond donors (Lipinski definition) is 1. The zero-order valence-electron chi connectivity index (χ0n) is 10.2. The van der Waals surface area contributed by atoms with Gasteiger partial charge in [0.2, 0.25) is 0 Å². The van der Waals surface area contributed by atoms with Crippen LogP contribution in [0.4, 0.5) is 0 Å². The molecule has 1 rings (SSSR count). The van der Waals surface area contributed by atoms with Gasteiger partial charge in [-0.1, -0.05) is 22.0 Å². The zero-order chi connectivity index (χ0) is 13.6. The molecule has 0 fully saturated rings. The Morgan fingerprint density at radius 3 is 2.78 bits per heavy atom. The normalized spacial score (nSPS) is 13.5. The summed E-state index contributed by atoms with van der Waals surface area (Å²) in [6.45, 7) is 0. The molecule has 0 saturated carbocycles. The molecule has 0 radical (unpaired) electrons. The Bertz CT molecular complexity index is 474. The summed E-state index contributed by atoms with van der Waals surface area (Å²) in [5.41, 5.74) is 0. The Kier molecular flexibility index (Phi) is 6.70. The Hall–Kier alpha value is -0.0400. The van der Waals surface area contributed by atoms with Crippen LogP contribution in [0.3, 0.4) is 0 Å². The van der Waals surface area contributed by atoms with E-state index in [-0.39, 0.29) is 5.75 Å². The van der Waals surface area contributed by atoms with Crippen LogP contribution in [0.2, 0.25) is 0 Å². The lowest BCUT2D eigenvalue weighted by Gasteiger charge is -2.09. The Balaban J connectivity index is 2.27. The van der Waals surface area contributed by atoms with E-state index in [1.807, 2.05) is 24.3 Å². The van der Waals surface area contributed by atoms with E-state index in [9.17, 15) is 13.5 Å². The molecule has 1 N–H and O–H groups in total. The average Bonchev–Trinajstić information content (AvgIpc) is 2.25. The molecule has 0 aliphatic heterocycles. The molecule has 0 aliphatic rings. The lowest BCUT2D eigenvalue weighted by atomic mass is 10.2. The van der Waals surface area contributed by atoms with E-state index in [0.29, 0.717) is 18.6 Å². The number of hydrogen-bond acceptors (Lipinski definition) is 4. The molecule has 0 aliphatic carbocycles. The quantitative estimate of drug-likeness (QED) is 0.766. The van der Waals surface area contributed by atoms with Gasteiger partial charge < -0.3 is 5.11 Å². The fourth-order valence-corrected chi connectivity index (χ4v) is 3.59. The van der Waals surface area contributed by atoms with Crippen molar-refractivity contribution in [1.82, 2.24) is 0 Å². The third-order valence-electron chi connectivity index (χ3n) is 2.29. The van der Waals surface area contributed by atoms with E-state index in [0.717, 1.165) is 9.37 Å². The lowest BCUT2D eigenvalue weighted by molar-refractivity contribution is 0.188. The molecule has 6 heteroatoms. The topological polar surface area (TPSA) is 54.4 Å². The van der Waals surface area contributed by atoms with Crippen LogP contribution < -0.4 is 0 Å². The van der Waals surface area contributed by atoms with Crippen molar-refractivity contribution in [1.29, 1.82) is 0 Å². The highest BCUT2D eigenvalue weighted by atomic mass is 79.9. The molecule has 1 unspecified atom stereocenters. The number of halogens is 1. The predicted molar refractivity (Wildman–Crippen MR) is 79.8 cm³/mol. The number of rotatable bonds is 7. The van der Waals surface area contributed by atoms with Crippen LogP contribution in [-0.2, 0) is 9.84 Å². The molecule has 0 spiro atoms. The van der Waals surface area contributed by atoms with Gasteiger partial charge in [0, 0.05) is 27.1 Å². The molecule has 0 aromatic heterocycles. The highest BCUT2D eigenvalue weighted by molar-refractivity contribution is 9.10. The number of thioether (sulfide) groups is 1. The smallest absolute Gasteiger partial charge is 0.147 e. The van der Waals surface area contributed by atoms with Gasteiger partial charge in [-0.05, 0) is 31.0 Å². The summed E-state index contributed by atoms with van der Waals surface area (Å²) >= 11 is 4.96. The highest BCUT2D eigenvalue weighted by Gasteiger charge is 2.08. The highest BCUT2D eigenvalue weighted by Crippen LogP contribution is 2.23. The largest absolute Gasteiger partial charge is 0.392 e. The minimum Gasteiger partial charge on any atom is -0.392 e. The van der Waals surface area contributed by atoms with Crippen LogP contribution in [0.1, 0.15) is 12.8 Å². The van der Waals surface area contributed by atoms with Gasteiger partial charge in [-0.2, -0.15) is 0 Å². The number of benzene rings is 1. The molecular formula is C12H17BrO3S2. The lowest BCUT2D eigenvalue weighted by Crippen LogP contribution is -2.12. The first-order valence-corrected chi connectivity index (χ1v) is 9.45. The van der Waals surface area contributed by atoms with Crippen LogP contribution in [0.5, 0.6) is 0 Å². The van der Waals surface area contributed by atoms with Gasteiger partial charge in [0.1, 0.15) is 9.84 Å². The molecule has 1 atom stereocenters. The molecule has 102 valence electrons. The van der Waals surface area contributed by atoms with Gasteiger partial charge >= 0.3 is 0 Å². The van der Waals surface area contributed by atoms with E-state index >= 15 is 0 Å². The van der Waals surface area contributed by atoms with Gasteiger partial charge in [0.25, 0.3) is 0 Å². The predicted octanol–water partition coefficient (Wildman–Crippen LogP) is 2.73. The molecule has 3 nitrogen and oxygen atoms in total. The molecule has 18 heavy (non-hydrogen) atoms. The van der Waals surface area contributed by atoms with Gasteiger partial charge in [0.05, 0.1) is 6.10 Å². The van der Waals surface area contributed by atoms with Gasteiger partial charge in [0.15, 0.2) is 0 Å². The Morgan fingerprint density at radius 2 is 2.17 bits per heavy atom. The zero-order valence-corrected chi connectivity index (χ0v) is 13.4. The first kappa shape index (κ1) is 16.0. The summed E-state index contributed by atoms with van der Waals surface area (Å²) in [7, 11) is -2.92. The Morgan fingerprint density at radius 1 is 1.44 bits per heavy atom. The maximum absolute atomic E-state index is 10.9. The van der Waals surface area contributed by atoms with E-state index in [2.05, 4.69) is 15.9 Å². The second kappa shape index (κ2) is 7.53. The summed E-state index contributed by atoms with van der Waals surface area (Å²) in [5.74, 6) is 0.728. The van der Waals surface area contributed by atoms with Crippen molar-refractivity contribution in [3.8, 4) is 0 Å². The summed E-state index contributed by atoms with van der Waals surface area (Å²) in [6.07, 6.45) is 1.79. The van der Waals surface area contributed by atoms with Crippen molar-refractivity contribution in [2.45, 2.75) is 23.8 Å². The van der Waals surface area contributed by atoms with Gasteiger partial charge in [-0.15, -0.1) is 11.8 Å². The van der Waals surface area contributed by atoms with Crippen LogP contribution >= 0.6 is 27.7 Å². The van der Waals surface area contributed by atoms with Crippen LogP contribution in [0, 0.1) is 0 Å². The molecule has 1 aromatic carbocycles. The first-order chi connectivity index (χ1) is 8.37. The third-order valence-corrected chi connectivity index (χ3v) is 4.95. The number of aliphatic hydroxyl groups is 1.